The molecule has 8 nitrogen and oxygen atoms in total. The summed E-state index contributed by atoms with van der Waals surface area (Å²) in [5.74, 6) is 0.749. The van der Waals surface area contributed by atoms with Gasteiger partial charge in [0.15, 0.2) is 17.0 Å². The number of rotatable bonds is 6. The Morgan fingerprint density at radius 3 is 2.39 bits per heavy atom. The van der Waals surface area contributed by atoms with E-state index in [2.05, 4.69) is 30.7 Å². The monoisotopic (exact) mass is 496 g/mol. The van der Waals surface area contributed by atoms with Gasteiger partial charge >= 0.3 is 0 Å². The molecule has 0 radical (unpaired) electrons. The van der Waals surface area contributed by atoms with Gasteiger partial charge in [0.05, 0.1) is 12.0 Å². The van der Waals surface area contributed by atoms with Gasteiger partial charge in [0.25, 0.3) is 0 Å². The minimum Gasteiger partial charge on any atom is -0.351 e. The van der Waals surface area contributed by atoms with E-state index in [9.17, 15) is 4.39 Å². The second-order valence-corrected chi connectivity index (χ2v) is 8.64. The van der Waals surface area contributed by atoms with Gasteiger partial charge in [-0.1, -0.05) is 25.0 Å². The van der Waals surface area contributed by atoms with E-state index in [1.807, 2.05) is 6.33 Å². The summed E-state index contributed by atoms with van der Waals surface area (Å²) >= 11 is 0. The van der Waals surface area contributed by atoms with Crippen LogP contribution in [0, 0.1) is 5.82 Å². The van der Waals surface area contributed by atoms with Crippen molar-refractivity contribution in [3.8, 4) is 0 Å². The SMILES string of the molecule is Cl.Cl.N[C@H]1CC[C@H](Nc2nc(NNc3ccccc3F)c3ncn(C4CCCC4)c3n2)CC1. The van der Waals surface area contributed by atoms with Gasteiger partial charge in [0, 0.05) is 18.1 Å². The molecule has 0 amide bonds. The van der Waals surface area contributed by atoms with Crippen LogP contribution in [0.1, 0.15) is 57.4 Å². The fraction of sp³-hybridized carbons (Fsp3) is 0.500. The van der Waals surface area contributed by atoms with E-state index in [0.29, 0.717) is 35.1 Å². The first-order valence-corrected chi connectivity index (χ1v) is 11.2. The molecule has 2 fully saturated rings. The molecule has 33 heavy (non-hydrogen) atoms. The number of nitrogens with one attached hydrogen (secondary N) is 3. The summed E-state index contributed by atoms with van der Waals surface area (Å²) in [6.07, 6.45) is 10.6. The number of fused-ring (bicyclic) bond motifs is 1. The number of nitrogens with zero attached hydrogens (tertiary/aromatic N) is 4. The van der Waals surface area contributed by atoms with Crippen molar-refractivity contribution < 1.29 is 4.39 Å². The van der Waals surface area contributed by atoms with Gasteiger partial charge in [-0.2, -0.15) is 9.97 Å². The number of aromatic nitrogens is 4. The molecule has 0 atom stereocenters. The number of imidazole rings is 1. The number of halogens is 3. The smallest absolute Gasteiger partial charge is 0.227 e. The number of nitrogens with two attached hydrogens (primary N) is 1. The Balaban J connectivity index is 0.00000153. The van der Waals surface area contributed by atoms with E-state index < -0.39 is 0 Å². The molecule has 2 aliphatic carbocycles. The zero-order chi connectivity index (χ0) is 21.2. The van der Waals surface area contributed by atoms with Crippen LogP contribution >= 0.6 is 24.8 Å². The van der Waals surface area contributed by atoms with Gasteiger partial charge in [0.2, 0.25) is 5.95 Å². The zero-order valence-electron chi connectivity index (χ0n) is 18.3. The highest BCUT2D eigenvalue weighted by atomic mass is 35.5. The summed E-state index contributed by atoms with van der Waals surface area (Å²) in [7, 11) is 0. The Hall–Kier alpha value is -2.36. The van der Waals surface area contributed by atoms with Gasteiger partial charge in [-0.15, -0.1) is 24.8 Å². The maximum absolute atomic E-state index is 14.1. The number of hydrogen-bond acceptors (Lipinski definition) is 7. The lowest BCUT2D eigenvalue weighted by atomic mass is 9.92. The first kappa shape index (κ1) is 25.3. The molecule has 5 rings (SSSR count). The zero-order valence-corrected chi connectivity index (χ0v) is 20.0. The van der Waals surface area contributed by atoms with Crippen LogP contribution in [0.25, 0.3) is 11.2 Å². The van der Waals surface area contributed by atoms with Crippen molar-refractivity contribution in [2.45, 2.75) is 69.5 Å². The second kappa shape index (κ2) is 11.2. The Morgan fingerprint density at radius 1 is 0.939 bits per heavy atom. The summed E-state index contributed by atoms with van der Waals surface area (Å²) in [5.41, 5.74) is 13.9. The topological polar surface area (TPSA) is 106 Å². The van der Waals surface area contributed by atoms with Crippen molar-refractivity contribution in [3.05, 3.63) is 36.4 Å². The van der Waals surface area contributed by atoms with Crippen LogP contribution in [0.2, 0.25) is 0 Å². The van der Waals surface area contributed by atoms with Gasteiger partial charge in [-0.3, -0.25) is 10.9 Å². The molecule has 180 valence electrons. The number of benzene rings is 1. The van der Waals surface area contributed by atoms with Crippen molar-refractivity contribution in [1.29, 1.82) is 0 Å². The van der Waals surface area contributed by atoms with E-state index >= 15 is 0 Å². The third-order valence-electron chi connectivity index (χ3n) is 6.43. The van der Waals surface area contributed by atoms with Gasteiger partial charge in [-0.05, 0) is 50.7 Å². The molecule has 0 spiro atoms. The van der Waals surface area contributed by atoms with E-state index in [1.165, 1.54) is 18.9 Å². The van der Waals surface area contributed by atoms with Crippen molar-refractivity contribution in [3.63, 3.8) is 0 Å². The standard InChI is InChI=1S/C22H29FN8.2ClH/c23-17-7-3-4-8-18(17)29-30-20-19-21(31(13-25-19)16-5-1-2-6-16)28-22(27-20)26-15-11-9-14(24)10-12-15;;/h3-4,7-8,13-16,29H,1-2,5-6,9-12,24H2,(H2,26,27,28,30);2*1H/t14-,15-;;. The number of hydrogen-bond donors (Lipinski definition) is 4. The molecule has 0 saturated heterocycles. The molecule has 2 aliphatic rings. The van der Waals surface area contributed by atoms with Gasteiger partial charge < -0.3 is 15.6 Å². The highest BCUT2D eigenvalue weighted by Gasteiger charge is 2.24. The Kier molecular flexibility index (Phi) is 8.56. The van der Waals surface area contributed by atoms with Crippen LogP contribution in [-0.2, 0) is 0 Å². The number of para-hydroxylation sites is 1. The minimum atomic E-state index is -0.339. The predicted octanol–water partition coefficient (Wildman–Crippen LogP) is 5.04. The lowest BCUT2D eigenvalue weighted by Crippen LogP contribution is -2.33. The average molecular weight is 497 g/mol. The van der Waals surface area contributed by atoms with Crippen LogP contribution in [0.3, 0.4) is 0 Å². The molecule has 11 heteroatoms. The fourth-order valence-electron chi connectivity index (χ4n) is 4.65. The van der Waals surface area contributed by atoms with E-state index in [-0.39, 0.29) is 36.7 Å². The van der Waals surface area contributed by atoms with Crippen LogP contribution in [0.15, 0.2) is 30.6 Å². The molecule has 3 aromatic rings. The molecule has 2 aromatic heterocycles. The lowest BCUT2D eigenvalue weighted by Gasteiger charge is -2.27. The maximum atomic E-state index is 14.1. The summed E-state index contributed by atoms with van der Waals surface area (Å²) in [5, 5.41) is 3.49. The highest BCUT2D eigenvalue weighted by Crippen LogP contribution is 2.33. The Morgan fingerprint density at radius 2 is 1.67 bits per heavy atom. The summed E-state index contributed by atoms with van der Waals surface area (Å²) in [6, 6.07) is 7.51. The van der Waals surface area contributed by atoms with Crippen molar-refractivity contribution in [2.24, 2.45) is 5.73 Å². The van der Waals surface area contributed by atoms with Crippen molar-refractivity contribution in [1.82, 2.24) is 19.5 Å². The van der Waals surface area contributed by atoms with Gasteiger partial charge in [0.1, 0.15) is 5.82 Å². The quantitative estimate of drug-likeness (QED) is 0.354. The minimum absolute atomic E-state index is 0. The maximum Gasteiger partial charge on any atom is 0.227 e. The normalized spacial score (nSPS) is 20.7. The van der Waals surface area contributed by atoms with Crippen LogP contribution in [0.5, 0.6) is 0 Å². The van der Waals surface area contributed by atoms with E-state index in [4.69, 9.17) is 10.7 Å². The first-order valence-electron chi connectivity index (χ1n) is 11.2. The first-order chi connectivity index (χ1) is 15.2. The largest absolute Gasteiger partial charge is 0.351 e. The third kappa shape index (κ3) is 5.59. The number of anilines is 3. The Labute approximate surface area is 205 Å². The summed E-state index contributed by atoms with van der Waals surface area (Å²) < 4.78 is 16.2. The molecule has 0 unspecified atom stereocenters. The summed E-state index contributed by atoms with van der Waals surface area (Å²) in [6.45, 7) is 0. The molecule has 5 N–H and O–H groups in total. The Bertz CT molecular complexity index is 1050. The van der Waals surface area contributed by atoms with E-state index in [0.717, 1.165) is 44.2 Å². The molecule has 0 bridgehead atoms. The molecular weight excluding hydrogens is 466 g/mol. The summed E-state index contributed by atoms with van der Waals surface area (Å²) in [4.78, 5) is 14.1. The van der Waals surface area contributed by atoms with E-state index in [1.54, 1.807) is 18.2 Å². The highest BCUT2D eigenvalue weighted by molar-refractivity contribution is 5.86. The van der Waals surface area contributed by atoms with Crippen LogP contribution in [0.4, 0.5) is 21.8 Å². The average Bonchev–Trinajstić information content (AvgIpc) is 3.44. The van der Waals surface area contributed by atoms with Crippen LogP contribution in [-0.4, -0.2) is 31.6 Å². The van der Waals surface area contributed by atoms with Crippen molar-refractivity contribution in [2.75, 3.05) is 16.2 Å². The fourth-order valence-corrected chi connectivity index (χ4v) is 4.65. The molecule has 2 saturated carbocycles. The molecule has 1 aromatic carbocycles. The van der Waals surface area contributed by atoms with Crippen LogP contribution < -0.4 is 21.9 Å². The molecule has 0 aliphatic heterocycles. The molecular formula is C22H31Cl2FN8. The lowest BCUT2D eigenvalue weighted by molar-refractivity contribution is 0.410. The van der Waals surface area contributed by atoms with Gasteiger partial charge in [-0.25, -0.2) is 9.37 Å². The predicted molar refractivity (Wildman–Crippen MR) is 135 cm³/mol. The second-order valence-electron chi connectivity index (χ2n) is 8.64. The third-order valence-corrected chi connectivity index (χ3v) is 6.43. The molecule has 2 heterocycles. The number of hydrazine groups is 1. The van der Waals surface area contributed by atoms with Crippen molar-refractivity contribution >= 4 is 53.4 Å².